The monoisotopic (exact) mass is 464 g/mol. The third-order valence-electron chi connectivity index (χ3n) is 4.42. The molecule has 1 aromatic heterocycles. The van der Waals surface area contributed by atoms with Crippen LogP contribution in [-0.4, -0.2) is 59.4 Å². The molecule has 0 aliphatic heterocycles. The molecule has 0 fully saturated rings. The van der Waals surface area contributed by atoms with E-state index in [0.29, 0.717) is 18.0 Å². The molecule has 0 saturated carbocycles. The number of amides is 1. The highest BCUT2D eigenvalue weighted by Crippen LogP contribution is 2.23. The van der Waals surface area contributed by atoms with Gasteiger partial charge in [-0.15, -0.1) is 11.8 Å². The minimum atomic E-state index is -0.873. The maximum absolute atomic E-state index is 12.5. The number of nitrogens with two attached hydrogens (primary N) is 1. The number of hydrogen-bond donors (Lipinski definition) is 2. The quantitative estimate of drug-likeness (QED) is 0.206. The number of methoxy groups -OCH3 is 1. The number of nitrogens with zero attached hydrogens (tertiary/aromatic N) is 2. The van der Waals surface area contributed by atoms with E-state index in [1.807, 2.05) is 0 Å². The van der Waals surface area contributed by atoms with E-state index in [2.05, 4.69) is 5.32 Å². The van der Waals surface area contributed by atoms with Gasteiger partial charge in [0, 0.05) is 32.6 Å². The Hall–Kier alpha value is -3.38. The van der Waals surface area contributed by atoms with E-state index in [-0.39, 0.29) is 23.0 Å². The summed E-state index contributed by atoms with van der Waals surface area (Å²) in [7, 11) is 4.06. The van der Waals surface area contributed by atoms with Gasteiger partial charge in [-0.1, -0.05) is 12.1 Å². The van der Waals surface area contributed by atoms with Gasteiger partial charge in [-0.25, -0.2) is 9.59 Å². The summed E-state index contributed by atoms with van der Waals surface area (Å²) in [4.78, 5) is 61.6. The molecule has 0 unspecified atom stereocenters. The fourth-order valence-electron chi connectivity index (χ4n) is 2.65. The van der Waals surface area contributed by atoms with Gasteiger partial charge in [0.2, 0.25) is 11.7 Å². The van der Waals surface area contributed by atoms with Crippen LogP contribution in [0.1, 0.15) is 20.7 Å². The van der Waals surface area contributed by atoms with Gasteiger partial charge in [-0.3, -0.25) is 23.5 Å². The van der Waals surface area contributed by atoms with Crippen LogP contribution < -0.4 is 22.3 Å². The Morgan fingerprint density at radius 1 is 1.12 bits per heavy atom. The predicted octanol–water partition coefficient (Wildman–Crippen LogP) is -0.439. The number of ketones is 1. The van der Waals surface area contributed by atoms with Gasteiger partial charge < -0.3 is 20.5 Å². The molecule has 172 valence electrons. The third-order valence-corrected chi connectivity index (χ3v) is 5.49. The number of Topliss-reactive ketones (excluding diaryl/α,β-unsaturated/α-hetero) is 1. The van der Waals surface area contributed by atoms with Crippen molar-refractivity contribution in [3.8, 4) is 0 Å². The summed E-state index contributed by atoms with van der Waals surface area (Å²) in [5.41, 5.74) is 3.92. The number of aromatic nitrogens is 2. The highest BCUT2D eigenvalue weighted by atomic mass is 32.2. The van der Waals surface area contributed by atoms with Crippen LogP contribution in [0, 0.1) is 0 Å². The first-order chi connectivity index (χ1) is 15.2. The summed E-state index contributed by atoms with van der Waals surface area (Å²) in [5.74, 6) is -2.12. The molecule has 0 radical (unpaired) electrons. The van der Waals surface area contributed by atoms with Gasteiger partial charge in [0.15, 0.2) is 6.61 Å². The van der Waals surface area contributed by atoms with Crippen LogP contribution in [0.5, 0.6) is 0 Å². The molecule has 0 aliphatic carbocycles. The zero-order chi connectivity index (χ0) is 23.8. The third kappa shape index (κ3) is 5.86. The van der Waals surface area contributed by atoms with E-state index in [1.54, 1.807) is 18.2 Å². The number of carbonyl (C=O) groups is 3. The van der Waals surface area contributed by atoms with Crippen molar-refractivity contribution in [2.24, 2.45) is 14.1 Å². The lowest BCUT2D eigenvalue weighted by atomic mass is 10.2. The smallest absolute Gasteiger partial charge is 0.339 e. The Labute approximate surface area is 187 Å². The largest absolute Gasteiger partial charge is 0.454 e. The number of carbonyl (C=O) groups excluding carboxylic acids is 3. The lowest BCUT2D eigenvalue weighted by Gasteiger charge is -2.12. The minimum absolute atomic E-state index is 0.0670. The zero-order valence-corrected chi connectivity index (χ0v) is 18.7. The van der Waals surface area contributed by atoms with Crippen molar-refractivity contribution >= 4 is 35.2 Å². The van der Waals surface area contributed by atoms with Crippen LogP contribution in [0.15, 0.2) is 38.8 Å². The van der Waals surface area contributed by atoms with Crippen molar-refractivity contribution in [1.29, 1.82) is 0 Å². The van der Waals surface area contributed by atoms with E-state index in [1.165, 1.54) is 27.3 Å². The average Bonchev–Trinajstić information content (AvgIpc) is 2.79. The molecule has 0 aliphatic rings. The van der Waals surface area contributed by atoms with Crippen molar-refractivity contribution in [2.45, 2.75) is 4.90 Å². The molecule has 3 N–H and O–H groups in total. The summed E-state index contributed by atoms with van der Waals surface area (Å²) in [6.45, 7) is 0.0128. The Morgan fingerprint density at radius 3 is 2.50 bits per heavy atom. The van der Waals surface area contributed by atoms with Gasteiger partial charge in [-0.2, -0.15) is 0 Å². The van der Waals surface area contributed by atoms with Gasteiger partial charge in [-0.05, 0) is 12.1 Å². The molecule has 1 amide bonds. The van der Waals surface area contributed by atoms with Crippen molar-refractivity contribution in [3.05, 3.63) is 56.2 Å². The molecule has 32 heavy (non-hydrogen) atoms. The Kier molecular flexibility index (Phi) is 8.79. The molecular weight excluding hydrogens is 440 g/mol. The number of anilines is 1. The van der Waals surface area contributed by atoms with Crippen molar-refractivity contribution in [1.82, 2.24) is 14.5 Å². The molecule has 1 aromatic carbocycles. The van der Waals surface area contributed by atoms with E-state index in [0.717, 1.165) is 20.9 Å². The number of hydrogen-bond acceptors (Lipinski definition) is 9. The molecule has 1 heterocycles. The molecule has 2 aromatic rings. The maximum atomic E-state index is 12.5. The number of ether oxygens (including phenoxy) is 2. The van der Waals surface area contributed by atoms with E-state index in [4.69, 9.17) is 15.2 Å². The first-order valence-electron chi connectivity index (χ1n) is 9.42. The fourth-order valence-corrected chi connectivity index (χ4v) is 3.52. The number of benzene rings is 1. The van der Waals surface area contributed by atoms with E-state index in [9.17, 15) is 24.0 Å². The predicted molar refractivity (Wildman–Crippen MR) is 118 cm³/mol. The molecule has 0 atom stereocenters. The fraction of sp³-hybridized carbons (Fsp3) is 0.350. The van der Waals surface area contributed by atoms with Crippen LogP contribution in [0.4, 0.5) is 5.82 Å². The lowest BCUT2D eigenvalue weighted by Crippen LogP contribution is -2.42. The Morgan fingerprint density at radius 2 is 1.81 bits per heavy atom. The van der Waals surface area contributed by atoms with Gasteiger partial charge in [0.05, 0.1) is 17.9 Å². The normalized spacial score (nSPS) is 10.6. The second kappa shape index (κ2) is 11.3. The molecule has 2 rings (SSSR count). The highest BCUT2D eigenvalue weighted by Gasteiger charge is 2.22. The van der Waals surface area contributed by atoms with Crippen LogP contribution in [0.2, 0.25) is 0 Å². The lowest BCUT2D eigenvalue weighted by molar-refractivity contribution is -0.118. The topological polar surface area (TPSA) is 152 Å². The number of rotatable bonds is 10. The average molecular weight is 465 g/mol. The Balaban J connectivity index is 2.09. The first kappa shape index (κ1) is 24.9. The summed E-state index contributed by atoms with van der Waals surface area (Å²) in [5, 5.41) is 2.67. The molecule has 0 spiro atoms. The highest BCUT2D eigenvalue weighted by molar-refractivity contribution is 8.00. The van der Waals surface area contributed by atoms with Gasteiger partial charge in [0.25, 0.3) is 5.56 Å². The SMILES string of the molecule is COCCNC(=O)CSc1ccccc1C(=O)OCC(=O)c1c(N)n(C)c(=O)n(C)c1=O. The maximum Gasteiger partial charge on any atom is 0.339 e. The second-order valence-electron chi connectivity index (χ2n) is 6.59. The van der Waals surface area contributed by atoms with Crippen LogP contribution in [0.25, 0.3) is 0 Å². The van der Waals surface area contributed by atoms with Gasteiger partial charge >= 0.3 is 11.7 Å². The molecule has 12 heteroatoms. The van der Waals surface area contributed by atoms with Crippen LogP contribution >= 0.6 is 11.8 Å². The van der Waals surface area contributed by atoms with Crippen LogP contribution in [-0.2, 0) is 28.4 Å². The van der Waals surface area contributed by atoms with Crippen LogP contribution in [0.3, 0.4) is 0 Å². The van der Waals surface area contributed by atoms with Crippen molar-refractivity contribution in [2.75, 3.05) is 38.4 Å². The number of nitrogen functional groups attached to an aromatic ring is 1. The van der Waals surface area contributed by atoms with Gasteiger partial charge in [0.1, 0.15) is 11.4 Å². The molecule has 0 saturated heterocycles. The number of thioether (sulfide) groups is 1. The standard InChI is InChI=1S/C20H24N4O7S/c1-23-17(21)16(18(27)24(2)20(23)29)13(25)10-31-19(28)12-6-4-5-7-14(12)32-11-15(26)22-8-9-30-3/h4-7H,8-11,21H2,1-3H3,(H,22,26). The summed E-state index contributed by atoms with van der Waals surface area (Å²) in [6.07, 6.45) is 0. The second-order valence-corrected chi connectivity index (χ2v) is 7.61. The number of nitrogens with one attached hydrogen (secondary N) is 1. The van der Waals surface area contributed by atoms with Crippen molar-refractivity contribution < 1.29 is 23.9 Å². The summed E-state index contributed by atoms with van der Waals surface area (Å²) in [6, 6.07) is 6.45. The van der Waals surface area contributed by atoms with E-state index >= 15 is 0 Å². The first-order valence-corrected chi connectivity index (χ1v) is 10.4. The summed E-state index contributed by atoms with van der Waals surface area (Å²) >= 11 is 1.13. The molecule has 0 bridgehead atoms. The molecular formula is C20H24N4O7S. The number of esters is 1. The molecule has 11 nitrogen and oxygen atoms in total. The summed E-state index contributed by atoms with van der Waals surface area (Å²) < 4.78 is 11.6. The van der Waals surface area contributed by atoms with E-state index < -0.39 is 35.2 Å². The minimum Gasteiger partial charge on any atom is -0.454 e. The van der Waals surface area contributed by atoms with Crippen molar-refractivity contribution in [3.63, 3.8) is 0 Å². The Bertz CT molecular complexity index is 1140. The zero-order valence-electron chi connectivity index (χ0n) is 17.9.